The van der Waals surface area contributed by atoms with Crippen LogP contribution in [0.4, 0.5) is 5.69 Å². The number of rotatable bonds is 3. The standard InChI is InChI=1S/C10H14IN3/c1-2-6-13-10(12)14-9-5-3-4-8(11)7-9/h3-5,7H,2,6H2,1H3,(H3,12,13,14). The molecule has 1 rings (SSSR count). The van der Waals surface area contributed by atoms with E-state index in [1.165, 1.54) is 3.57 Å². The third-order valence-corrected chi connectivity index (χ3v) is 2.27. The highest BCUT2D eigenvalue weighted by molar-refractivity contribution is 14.1. The number of halogens is 1. The van der Waals surface area contributed by atoms with Crippen LogP contribution < -0.4 is 11.1 Å². The molecular formula is C10H14IN3. The fraction of sp³-hybridized carbons (Fsp3) is 0.300. The van der Waals surface area contributed by atoms with Gasteiger partial charge in [-0.1, -0.05) is 13.0 Å². The molecule has 0 aliphatic rings. The number of nitrogens with one attached hydrogen (secondary N) is 1. The van der Waals surface area contributed by atoms with E-state index in [0.29, 0.717) is 5.96 Å². The molecule has 3 N–H and O–H groups in total. The summed E-state index contributed by atoms with van der Waals surface area (Å²) in [5.41, 5.74) is 6.66. The molecule has 0 saturated heterocycles. The van der Waals surface area contributed by atoms with Gasteiger partial charge in [0.15, 0.2) is 5.96 Å². The Bertz CT molecular complexity index is 323. The molecule has 14 heavy (non-hydrogen) atoms. The van der Waals surface area contributed by atoms with Crippen molar-refractivity contribution in [2.75, 3.05) is 11.9 Å². The van der Waals surface area contributed by atoms with E-state index in [2.05, 4.69) is 39.8 Å². The topological polar surface area (TPSA) is 50.4 Å². The fourth-order valence-electron chi connectivity index (χ4n) is 0.986. The third-order valence-electron chi connectivity index (χ3n) is 1.60. The van der Waals surface area contributed by atoms with Crippen molar-refractivity contribution in [3.63, 3.8) is 0 Å². The van der Waals surface area contributed by atoms with Gasteiger partial charge in [-0.25, -0.2) is 0 Å². The van der Waals surface area contributed by atoms with E-state index in [1.54, 1.807) is 0 Å². The third kappa shape index (κ3) is 3.95. The highest BCUT2D eigenvalue weighted by atomic mass is 127. The lowest BCUT2D eigenvalue weighted by Gasteiger charge is -2.05. The van der Waals surface area contributed by atoms with Crippen LogP contribution in [0.15, 0.2) is 29.3 Å². The van der Waals surface area contributed by atoms with E-state index >= 15 is 0 Å². The van der Waals surface area contributed by atoms with Crippen LogP contribution in [0.25, 0.3) is 0 Å². The van der Waals surface area contributed by atoms with E-state index in [0.717, 1.165) is 18.7 Å². The number of benzene rings is 1. The fourth-order valence-corrected chi connectivity index (χ4v) is 1.53. The molecule has 0 heterocycles. The zero-order chi connectivity index (χ0) is 10.4. The Labute approximate surface area is 97.9 Å². The van der Waals surface area contributed by atoms with Gasteiger partial charge >= 0.3 is 0 Å². The number of aliphatic imine (C=N–C) groups is 1. The van der Waals surface area contributed by atoms with Gasteiger partial charge in [-0.3, -0.25) is 4.99 Å². The Morgan fingerprint density at radius 3 is 3.00 bits per heavy atom. The molecule has 0 aliphatic carbocycles. The molecule has 0 aromatic heterocycles. The Hall–Kier alpha value is -0.780. The first-order valence-corrected chi connectivity index (χ1v) is 5.62. The first-order valence-electron chi connectivity index (χ1n) is 4.55. The van der Waals surface area contributed by atoms with Crippen molar-refractivity contribution >= 4 is 34.2 Å². The number of anilines is 1. The van der Waals surface area contributed by atoms with Crippen LogP contribution in [0.2, 0.25) is 0 Å². The van der Waals surface area contributed by atoms with E-state index in [9.17, 15) is 0 Å². The van der Waals surface area contributed by atoms with Gasteiger partial charge in [0, 0.05) is 15.8 Å². The van der Waals surface area contributed by atoms with Crippen molar-refractivity contribution in [1.29, 1.82) is 0 Å². The lowest BCUT2D eigenvalue weighted by molar-refractivity contribution is 0.929. The second-order valence-corrected chi connectivity index (χ2v) is 4.15. The minimum absolute atomic E-state index is 0.480. The molecule has 0 fully saturated rings. The quantitative estimate of drug-likeness (QED) is 0.512. The number of nitrogens with zero attached hydrogens (tertiary/aromatic N) is 1. The molecule has 0 radical (unpaired) electrons. The molecule has 0 aliphatic heterocycles. The Morgan fingerprint density at radius 1 is 1.57 bits per heavy atom. The smallest absolute Gasteiger partial charge is 0.193 e. The van der Waals surface area contributed by atoms with Crippen molar-refractivity contribution in [3.05, 3.63) is 27.8 Å². The predicted molar refractivity (Wildman–Crippen MR) is 69.6 cm³/mol. The Morgan fingerprint density at radius 2 is 2.36 bits per heavy atom. The summed E-state index contributed by atoms with van der Waals surface area (Å²) < 4.78 is 1.18. The zero-order valence-corrected chi connectivity index (χ0v) is 10.3. The normalized spacial score (nSPS) is 11.4. The van der Waals surface area contributed by atoms with Crippen LogP contribution in [0, 0.1) is 3.57 Å². The summed E-state index contributed by atoms with van der Waals surface area (Å²) in [4.78, 5) is 4.15. The second kappa shape index (κ2) is 5.85. The van der Waals surface area contributed by atoms with E-state index in [4.69, 9.17) is 5.73 Å². The summed E-state index contributed by atoms with van der Waals surface area (Å²) in [5.74, 6) is 0.480. The Balaban J connectivity index is 2.60. The van der Waals surface area contributed by atoms with Gasteiger partial charge in [-0.05, 0) is 47.2 Å². The maximum Gasteiger partial charge on any atom is 0.193 e. The minimum Gasteiger partial charge on any atom is -0.370 e. The van der Waals surface area contributed by atoms with Crippen molar-refractivity contribution in [3.8, 4) is 0 Å². The number of guanidine groups is 1. The molecule has 0 spiro atoms. The molecule has 0 saturated carbocycles. The van der Waals surface area contributed by atoms with Gasteiger partial charge in [0.2, 0.25) is 0 Å². The van der Waals surface area contributed by atoms with Gasteiger partial charge in [-0.15, -0.1) is 0 Å². The van der Waals surface area contributed by atoms with Gasteiger partial charge in [0.1, 0.15) is 0 Å². The van der Waals surface area contributed by atoms with Crippen LogP contribution in [0.1, 0.15) is 13.3 Å². The minimum atomic E-state index is 0.480. The van der Waals surface area contributed by atoms with Gasteiger partial charge in [0.05, 0.1) is 0 Å². The molecule has 0 amide bonds. The number of nitrogens with two attached hydrogens (primary N) is 1. The molecule has 0 atom stereocenters. The second-order valence-electron chi connectivity index (χ2n) is 2.90. The lowest BCUT2D eigenvalue weighted by Crippen LogP contribution is -2.22. The highest BCUT2D eigenvalue weighted by Crippen LogP contribution is 2.11. The summed E-state index contributed by atoms with van der Waals surface area (Å²) in [6.07, 6.45) is 1.01. The molecule has 0 unspecified atom stereocenters. The summed E-state index contributed by atoms with van der Waals surface area (Å²) in [6, 6.07) is 8.01. The average Bonchev–Trinajstić information content (AvgIpc) is 2.15. The largest absolute Gasteiger partial charge is 0.370 e. The first kappa shape index (κ1) is 11.3. The summed E-state index contributed by atoms with van der Waals surface area (Å²) in [5, 5.41) is 3.04. The van der Waals surface area contributed by atoms with Crippen molar-refractivity contribution in [2.24, 2.45) is 10.7 Å². The van der Waals surface area contributed by atoms with Crippen molar-refractivity contribution in [1.82, 2.24) is 0 Å². The van der Waals surface area contributed by atoms with Crippen LogP contribution in [0.5, 0.6) is 0 Å². The van der Waals surface area contributed by atoms with Crippen molar-refractivity contribution < 1.29 is 0 Å². The SMILES string of the molecule is CCCN=C(N)Nc1cccc(I)c1. The van der Waals surface area contributed by atoms with E-state index in [-0.39, 0.29) is 0 Å². The molecule has 3 nitrogen and oxygen atoms in total. The summed E-state index contributed by atoms with van der Waals surface area (Å²) in [7, 11) is 0. The monoisotopic (exact) mass is 303 g/mol. The number of hydrogen-bond donors (Lipinski definition) is 2. The zero-order valence-electron chi connectivity index (χ0n) is 8.13. The van der Waals surface area contributed by atoms with Gasteiger partial charge in [0.25, 0.3) is 0 Å². The van der Waals surface area contributed by atoms with Crippen molar-refractivity contribution in [2.45, 2.75) is 13.3 Å². The molecule has 1 aromatic rings. The summed E-state index contributed by atoms with van der Waals surface area (Å²) >= 11 is 2.26. The van der Waals surface area contributed by atoms with Crippen LogP contribution in [-0.2, 0) is 0 Å². The van der Waals surface area contributed by atoms with E-state index in [1.807, 2.05) is 24.3 Å². The Kier molecular flexibility index (Phi) is 4.72. The molecular weight excluding hydrogens is 289 g/mol. The number of hydrogen-bond acceptors (Lipinski definition) is 1. The summed E-state index contributed by atoms with van der Waals surface area (Å²) in [6.45, 7) is 2.84. The van der Waals surface area contributed by atoms with Crippen LogP contribution in [0.3, 0.4) is 0 Å². The highest BCUT2D eigenvalue weighted by Gasteiger charge is 1.94. The first-order chi connectivity index (χ1) is 6.72. The van der Waals surface area contributed by atoms with E-state index < -0.39 is 0 Å². The maximum atomic E-state index is 5.68. The molecule has 1 aromatic carbocycles. The lowest BCUT2D eigenvalue weighted by atomic mass is 10.3. The average molecular weight is 303 g/mol. The van der Waals surface area contributed by atoms with Gasteiger partial charge < -0.3 is 11.1 Å². The van der Waals surface area contributed by atoms with Crippen LogP contribution >= 0.6 is 22.6 Å². The van der Waals surface area contributed by atoms with Crippen LogP contribution in [-0.4, -0.2) is 12.5 Å². The predicted octanol–water partition coefficient (Wildman–Crippen LogP) is 2.43. The molecule has 4 heteroatoms. The molecule has 0 bridgehead atoms. The van der Waals surface area contributed by atoms with Gasteiger partial charge in [-0.2, -0.15) is 0 Å². The maximum absolute atomic E-state index is 5.68. The molecule has 76 valence electrons.